The van der Waals surface area contributed by atoms with Gasteiger partial charge in [-0.2, -0.15) is 4.39 Å². The van der Waals surface area contributed by atoms with Crippen molar-refractivity contribution in [3.8, 4) is 0 Å². The average molecular weight is 260 g/mol. The van der Waals surface area contributed by atoms with Gasteiger partial charge >= 0.3 is 11.7 Å². The van der Waals surface area contributed by atoms with Gasteiger partial charge in [0.2, 0.25) is 5.82 Å². The van der Waals surface area contributed by atoms with Crippen molar-refractivity contribution in [1.29, 1.82) is 0 Å². The Labute approximate surface area is 101 Å². The second-order valence-corrected chi connectivity index (χ2v) is 3.43. The molecule has 0 radical (unpaired) electrons. The van der Waals surface area contributed by atoms with E-state index in [2.05, 4.69) is 10.1 Å². The molecule has 0 aliphatic heterocycles. The monoisotopic (exact) mass is 260 g/mol. The molecule has 0 aliphatic carbocycles. The first-order valence-electron chi connectivity index (χ1n) is 4.84. The molecule has 8 heteroatoms. The van der Waals surface area contributed by atoms with Gasteiger partial charge in [0.1, 0.15) is 11.9 Å². The minimum atomic E-state index is -1.28. The Morgan fingerprint density at radius 3 is 2.56 bits per heavy atom. The van der Waals surface area contributed by atoms with Crippen molar-refractivity contribution < 1.29 is 23.2 Å². The molecule has 0 bridgehead atoms. The second kappa shape index (κ2) is 5.39. The lowest BCUT2D eigenvalue weighted by Gasteiger charge is -2.13. The number of rotatable bonds is 4. The summed E-state index contributed by atoms with van der Waals surface area (Å²) in [5, 5.41) is 12.8. The van der Waals surface area contributed by atoms with E-state index < -0.39 is 34.3 Å². The number of carbonyl (C=O) groups is 1. The summed E-state index contributed by atoms with van der Waals surface area (Å²) < 4.78 is 30.8. The van der Waals surface area contributed by atoms with Crippen LogP contribution >= 0.6 is 0 Å². The molecule has 1 N–H and O–H groups in total. The van der Waals surface area contributed by atoms with Gasteiger partial charge in [-0.3, -0.25) is 10.1 Å². The quantitative estimate of drug-likeness (QED) is 0.507. The summed E-state index contributed by atoms with van der Waals surface area (Å²) >= 11 is 0. The van der Waals surface area contributed by atoms with Gasteiger partial charge in [0.15, 0.2) is 0 Å². The summed E-state index contributed by atoms with van der Waals surface area (Å²) in [7, 11) is 1.14. The van der Waals surface area contributed by atoms with E-state index in [1.54, 1.807) is 0 Å². The number of hydrogen-bond donors (Lipinski definition) is 1. The first kappa shape index (κ1) is 13.8. The number of hydrogen-bond acceptors (Lipinski definition) is 5. The van der Waals surface area contributed by atoms with Crippen LogP contribution in [0.25, 0.3) is 0 Å². The molecule has 6 nitrogen and oxygen atoms in total. The van der Waals surface area contributed by atoms with Crippen LogP contribution in [0, 0.1) is 21.7 Å². The lowest BCUT2D eigenvalue weighted by Crippen LogP contribution is -2.27. The predicted octanol–water partition coefficient (Wildman–Crippen LogP) is 1.85. The largest absolute Gasteiger partial charge is 0.467 e. The van der Waals surface area contributed by atoms with Crippen molar-refractivity contribution in [2.75, 3.05) is 12.4 Å². The lowest BCUT2D eigenvalue weighted by molar-refractivity contribution is -0.387. The molecule has 1 rings (SSSR count). The molecular formula is C10H10F2N2O4. The molecule has 1 atom stereocenters. The van der Waals surface area contributed by atoms with Crippen LogP contribution in [0.3, 0.4) is 0 Å². The molecule has 1 aromatic rings. The Kier molecular flexibility index (Phi) is 4.13. The van der Waals surface area contributed by atoms with Crippen molar-refractivity contribution in [3.63, 3.8) is 0 Å². The van der Waals surface area contributed by atoms with Crippen LogP contribution in [0.5, 0.6) is 0 Å². The number of anilines is 1. The Balaban J connectivity index is 3.06. The summed E-state index contributed by atoms with van der Waals surface area (Å²) in [5.41, 5.74) is -1.23. The topological polar surface area (TPSA) is 81.5 Å². The maximum Gasteiger partial charge on any atom is 0.327 e. The number of esters is 1. The third-order valence-corrected chi connectivity index (χ3v) is 2.16. The van der Waals surface area contributed by atoms with Crippen LogP contribution in [-0.2, 0) is 9.53 Å². The van der Waals surface area contributed by atoms with Crippen LogP contribution in [0.15, 0.2) is 12.1 Å². The first-order chi connectivity index (χ1) is 8.36. The molecule has 0 aliphatic rings. The number of benzene rings is 1. The zero-order valence-electron chi connectivity index (χ0n) is 9.57. The zero-order valence-corrected chi connectivity index (χ0v) is 9.57. The van der Waals surface area contributed by atoms with E-state index >= 15 is 0 Å². The number of nitrogens with zero attached hydrogens (tertiary/aromatic N) is 1. The molecule has 1 aromatic carbocycles. The first-order valence-corrected chi connectivity index (χ1v) is 4.84. The molecule has 0 saturated heterocycles. The Bertz CT molecular complexity index is 493. The van der Waals surface area contributed by atoms with Crippen LogP contribution in [-0.4, -0.2) is 24.0 Å². The summed E-state index contributed by atoms with van der Waals surface area (Å²) in [6, 6.07) is 0.142. The standard InChI is InChI=1S/C10H10F2N2O4/c1-5(10(15)18-2)13-8-4-9(14(16)17)7(12)3-6(8)11/h3-5,13H,1-2H3. The van der Waals surface area contributed by atoms with Crippen molar-refractivity contribution in [3.05, 3.63) is 33.9 Å². The molecule has 1 unspecified atom stereocenters. The molecule has 0 saturated carbocycles. The highest BCUT2D eigenvalue weighted by Gasteiger charge is 2.21. The van der Waals surface area contributed by atoms with Gasteiger partial charge in [0.25, 0.3) is 0 Å². The Morgan fingerprint density at radius 1 is 1.44 bits per heavy atom. The third kappa shape index (κ3) is 2.90. The zero-order chi connectivity index (χ0) is 13.9. The van der Waals surface area contributed by atoms with E-state index in [4.69, 9.17) is 0 Å². The van der Waals surface area contributed by atoms with Crippen LogP contribution in [0.1, 0.15) is 6.92 Å². The van der Waals surface area contributed by atoms with Crippen molar-refractivity contribution in [1.82, 2.24) is 0 Å². The fourth-order valence-electron chi connectivity index (χ4n) is 1.26. The molecule has 0 fully saturated rings. The van der Waals surface area contributed by atoms with Gasteiger partial charge in [-0.05, 0) is 6.92 Å². The minimum absolute atomic E-state index is 0.346. The van der Waals surface area contributed by atoms with E-state index in [-0.39, 0.29) is 5.69 Å². The van der Waals surface area contributed by atoms with Crippen LogP contribution in [0.4, 0.5) is 20.2 Å². The fourth-order valence-corrected chi connectivity index (χ4v) is 1.26. The maximum absolute atomic E-state index is 13.3. The predicted molar refractivity (Wildman–Crippen MR) is 58.1 cm³/mol. The van der Waals surface area contributed by atoms with Gasteiger partial charge in [0.05, 0.1) is 17.7 Å². The summed E-state index contributed by atoms with van der Waals surface area (Å²) in [6.45, 7) is 1.38. The molecule has 18 heavy (non-hydrogen) atoms. The number of carbonyl (C=O) groups excluding carboxylic acids is 1. The van der Waals surface area contributed by atoms with E-state index in [1.807, 2.05) is 0 Å². The maximum atomic E-state index is 13.3. The Hall–Kier alpha value is -2.25. The third-order valence-electron chi connectivity index (χ3n) is 2.16. The SMILES string of the molecule is COC(=O)C(C)Nc1cc([N+](=O)[O-])c(F)cc1F. The van der Waals surface area contributed by atoms with Gasteiger partial charge < -0.3 is 10.1 Å². The van der Waals surface area contributed by atoms with Crippen LogP contribution < -0.4 is 5.32 Å². The van der Waals surface area contributed by atoms with Gasteiger partial charge in [-0.15, -0.1) is 0 Å². The Morgan fingerprint density at radius 2 is 2.06 bits per heavy atom. The fraction of sp³-hybridized carbons (Fsp3) is 0.300. The summed E-state index contributed by atoms with van der Waals surface area (Å²) in [6.07, 6.45) is 0. The highest BCUT2D eigenvalue weighted by atomic mass is 19.1. The molecule has 0 amide bonds. The number of nitro benzene ring substituents is 1. The smallest absolute Gasteiger partial charge is 0.327 e. The van der Waals surface area contributed by atoms with E-state index in [1.165, 1.54) is 6.92 Å². The molecule has 0 spiro atoms. The van der Waals surface area contributed by atoms with Crippen molar-refractivity contribution in [2.45, 2.75) is 13.0 Å². The molecule has 0 heterocycles. The number of nitro groups is 1. The van der Waals surface area contributed by atoms with E-state index in [0.29, 0.717) is 12.1 Å². The number of halogens is 2. The number of ether oxygens (including phenoxy) is 1. The highest BCUT2D eigenvalue weighted by molar-refractivity contribution is 5.78. The molecular weight excluding hydrogens is 250 g/mol. The lowest BCUT2D eigenvalue weighted by atomic mass is 10.2. The van der Waals surface area contributed by atoms with E-state index in [0.717, 1.165) is 7.11 Å². The summed E-state index contributed by atoms with van der Waals surface area (Å²) in [4.78, 5) is 20.6. The van der Waals surface area contributed by atoms with Crippen LogP contribution in [0.2, 0.25) is 0 Å². The van der Waals surface area contributed by atoms with E-state index in [9.17, 15) is 23.7 Å². The molecule has 0 aromatic heterocycles. The number of methoxy groups -OCH3 is 1. The summed E-state index contributed by atoms with van der Waals surface area (Å²) in [5.74, 6) is -3.00. The second-order valence-electron chi connectivity index (χ2n) is 3.43. The van der Waals surface area contributed by atoms with Gasteiger partial charge in [-0.1, -0.05) is 0 Å². The normalized spacial score (nSPS) is 11.8. The highest BCUT2D eigenvalue weighted by Crippen LogP contribution is 2.25. The number of nitrogens with one attached hydrogen (secondary N) is 1. The van der Waals surface area contributed by atoms with Gasteiger partial charge in [0, 0.05) is 12.1 Å². The van der Waals surface area contributed by atoms with Gasteiger partial charge in [-0.25, -0.2) is 9.18 Å². The molecule has 98 valence electrons. The van der Waals surface area contributed by atoms with Crippen molar-refractivity contribution >= 4 is 17.3 Å². The minimum Gasteiger partial charge on any atom is -0.467 e. The average Bonchev–Trinajstić information content (AvgIpc) is 2.30. The van der Waals surface area contributed by atoms with Crippen molar-refractivity contribution in [2.24, 2.45) is 0 Å².